The third-order valence-corrected chi connectivity index (χ3v) is 2.74. The first kappa shape index (κ1) is 9.52. The van der Waals surface area contributed by atoms with Gasteiger partial charge in [-0.05, 0) is 36.6 Å². The number of rotatable bonds is 1. The summed E-state index contributed by atoms with van der Waals surface area (Å²) in [5.41, 5.74) is 1.07. The van der Waals surface area contributed by atoms with Crippen molar-refractivity contribution in [1.29, 1.82) is 0 Å². The molecule has 0 saturated heterocycles. The number of aliphatic carboxylic acids is 1. The van der Waals surface area contributed by atoms with Gasteiger partial charge in [0, 0.05) is 4.47 Å². The number of fused-ring (bicyclic) bond motifs is 1. The molecule has 0 amide bonds. The van der Waals surface area contributed by atoms with E-state index in [1.54, 1.807) is 6.07 Å². The van der Waals surface area contributed by atoms with Crippen molar-refractivity contribution >= 4 is 21.9 Å². The minimum absolute atomic E-state index is 0.540. The van der Waals surface area contributed by atoms with Crippen LogP contribution in [0.4, 0.5) is 0 Å². The van der Waals surface area contributed by atoms with Gasteiger partial charge in [0.25, 0.3) is 0 Å². The minimum Gasteiger partial charge on any atom is -0.479 e. The molecule has 1 aliphatic rings. The van der Waals surface area contributed by atoms with Crippen LogP contribution in [0.3, 0.4) is 0 Å². The maximum atomic E-state index is 10.7. The van der Waals surface area contributed by atoms with Crippen molar-refractivity contribution in [3.63, 3.8) is 0 Å². The number of hydrogen-bond acceptors (Lipinski definition) is 2. The van der Waals surface area contributed by atoms with Crippen molar-refractivity contribution in [1.82, 2.24) is 0 Å². The molecule has 0 fully saturated rings. The van der Waals surface area contributed by atoms with E-state index in [9.17, 15) is 4.79 Å². The quantitative estimate of drug-likeness (QED) is 0.839. The van der Waals surface area contributed by atoms with Crippen molar-refractivity contribution in [2.24, 2.45) is 0 Å². The Kier molecular flexibility index (Phi) is 2.46. The Balaban J connectivity index is 2.27. The minimum atomic E-state index is -0.890. The summed E-state index contributed by atoms with van der Waals surface area (Å²) in [6, 6.07) is 5.62. The summed E-state index contributed by atoms with van der Waals surface area (Å²) < 4.78 is 6.32. The van der Waals surface area contributed by atoms with Gasteiger partial charge in [0.1, 0.15) is 5.75 Å². The van der Waals surface area contributed by atoms with Crippen molar-refractivity contribution < 1.29 is 14.6 Å². The molecule has 0 bridgehead atoms. The summed E-state index contributed by atoms with van der Waals surface area (Å²) in [7, 11) is 0. The first-order valence-corrected chi connectivity index (χ1v) is 5.14. The molecule has 2 rings (SSSR count). The van der Waals surface area contributed by atoms with Crippen LogP contribution in [0.25, 0.3) is 0 Å². The molecule has 1 unspecified atom stereocenters. The number of carboxylic acids is 1. The molecule has 0 radical (unpaired) electrons. The second kappa shape index (κ2) is 3.61. The zero-order valence-electron chi connectivity index (χ0n) is 7.37. The van der Waals surface area contributed by atoms with Gasteiger partial charge in [0.15, 0.2) is 6.10 Å². The second-order valence-corrected chi connectivity index (χ2v) is 4.15. The van der Waals surface area contributed by atoms with E-state index in [2.05, 4.69) is 15.9 Å². The molecular formula is C10H9BrO3. The number of carbonyl (C=O) groups is 1. The summed E-state index contributed by atoms with van der Waals surface area (Å²) in [5.74, 6) is -0.203. The third-order valence-electron chi connectivity index (χ3n) is 2.24. The van der Waals surface area contributed by atoms with E-state index >= 15 is 0 Å². The van der Waals surface area contributed by atoms with Gasteiger partial charge >= 0.3 is 5.97 Å². The third kappa shape index (κ3) is 1.75. The molecule has 0 aliphatic carbocycles. The van der Waals surface area contributed by atoms with Crippen molar-refractivity contribution in [2.45, 2.75) is 18.9 Å². The van der Waals surface area contributed by atoms with Crippen LogP contribution in [-0.4, -0.2) is 17.2 Å². The number of benzene rings is 1. The average molecular weight is 257 g/mol. The molecule has 1 heterocycles. The molecule has 0 spiro atoms. The molecule has 4 heteroatoms. The van der Waals surface area contributed by atoms with Crippen LogP contribution in [0.15, 0.2) is 22.7 Å². The van der Waals surface area contributed by atoms with E-state index in [0.29, 0.717) is 12.2 Å². The molecule has 1 aromatic carbocycles. The zero-order valence-corrected chi connectivity index (χ0v) is 8.95. The fraction of sp³-hybridized carbons (Fsp3) is 0.300. The van der Waals surface area contributed by atoms with Gasteiger partial charge in [-0.1, -0.05) is 15.9 Å². The Morgan fingerprint density at radius 3 is 3.07 bits per heavy atom. The number of hydrogen-bond donors (Lipinski definition) is 1. The van der Waals surface area contributed by atoms with Gasteiger partial charge in [-0.2, -0.15) is 0 Å². The van der Waals surface area contributed by atoms with Gasteiger partial charge in [-0.15, -0.1) is 0 Å². The van der Waals surface area contributed by atoms with Crippen LogP contribution < -0.4 is 4.74 Å². The molecule has 3 nitrogen and oxygen atoms in total. The molecule has 1 aromatic rings. The molecule has 14 heavy (non-hydrogen) atoms. The van der Waals surface area contributed by atoms with Crippen LogP contribution in [0.2, 0.25) is 0 Å². The fourth-order valence-electron chi connectivity index (χ4n) is 1.53. The molecule has 0 aromatic heterocycles. The summed E-state index contributed by atoms with van der Waals surface area (Å²) >= 11 is 3.36. The number of aryl methyl sites for hydroxylation is 1. The Morgan fingerprint density at radius 1 is 1.57 bits per heavy atom. The van der Waals surface area contributed by atoms with Crippen LogP contribution in [0.1, 0.15) is 12.0 Å². The first-order valence-electron chi connectivity index (χ1n) is 4.35. The highest BCUT2D eigenvalue weighted by Crippen LogP contribution is 2.29. The second-order valence-electron chi connectivity index (χ2n) is 3.24. The van der Waals surface area contributed by atoms with E-state index in [1.165, 1.54) is 0 Å². The van der Waals surface area contributed by atoms with Crippen molar-refractivity contribution in [2.75, 3.05) is 0 Å². The lowest BCUT2D eigenvalue weighted by Crippen LogP contribution is -2.30. The molecule has 1 N–H and O–H groups in total. The highest BCUT2D eigenvalue weighted by molar-refractivity contribution is 9.10. The Labute approximate surface area is 89.8 Å². The lowest BCUT2D eigenvalue weighted by Gasteiger charge is -2.23. The smallest absolute Gasteiger partial charge is 0.344 e. The highest BCUT2D eigenvalue weighted by Gasteiger charge is 2.25. The topological polar surface area (TPSA) is 46.5 Å². The SMILES string of the molecule is O=C(O)C1CCc2cc(Br)ccc2O1. The lowest BCUT2D eigenvalue weighted by molar-refractivity contribution is -0.145. The van der Waals surface area contributed by atoms with Crippen LogP contribution in [0.5, 0.6) is 5.75 Å². The van der Waals surface area contributed by atoms with Crippen molar-refractivity contribution in [3.8, 4) is 5.75 Å². The van der Waals surface area contributed by atoms with Crippen LogP contribution >= 0.6 is 15.9 Å². The summed E-state index contributed by atoms with van der Waals surface area (Å²) in [4.78, 5) is 10.7. The van der Waals surface area contributed by atoms with Gasteiger partial charge in [-0.25, -0.2) is 4.79 Å². The van der Waals surface area contributed by atoms with Crippen LogP contribution in [-0.2, 0) is 11.2 Å². The molecule has 0 saturated carbocycles. The van der Waals surface area contributed by atoms with E-state index in [1.807, 2.05) is 12.1 Å². The molecule has 74 valence electrons. The monoisotopic (exact) mass is 256 g/mol. The lowest BCUT2D eigenvalue weighted by atomic mass is 10.0. The van der Waals surface area contributed by atoms with Crippen LogP contribution in [0, 0.1) is 0 Å². The van der Waals surface area contributed by atoms with Gasteiger partial charge in [0.2, 0.25) is 0 Å². The van der Waals surface area contributed by atoms with Crippen molar-refractivity contribution in [3.05, 3.63) is 28.2 Å². The van der Waals surface area contributed by atoms with Gasteiger partial charge < -0.3 is 9.84 Å². The zero-order chi connectivity index (χ0) is 10.1. The average Bonchev–Trinajstić information content (AvgIpc) is 2.16. The van der Waals surface area contributed by atoms with Gasteiger partial charge in [0.05, 0.1) is 0 Å². The number of carboxylic acid groups (broad SMARTS) is 1. The summed E-state index contributed by atoms with van der Waals surface area (Å²) in [5, 5.41) is 8.78. The summed E-state index contributed by atoms with van der Waals surface area (Å²) in [6.07, 6.45) is 0.605. The van der Waals surface area contributed by atoms with E-state index in [4.69, 9.17) is 9.84 Å². The molecule has 1 atom stereocenters. The molecular weight excluding hydrogens is 248 g/mol. The standard InChI is InChI=1S/C10H9BrO3/c11-7-2-4-8-6(5-7)1-3-9(14-8)10(12)13/h2,4-5,9H,1,3H2,(H,12,13). The fourth-order valence-corrected chi connectivity index (χ4v) is 1.94. The largest absolute Gasteiger partial charge is 0.479 e. The Morgan fingerprint density at radius 2 is 2.36 bits per heavy atom. The Bertz CT molecular complexity index is 376. The Hall–Kier alpha value is -1.03. The van der Waals surface area contributed by atoms with E-state index in [-0.39, 0.29) is 0 Å². The maximum absolute atomic E-state index is 10.7. The van der Waals surface area contributed by atoms with E-state index in [0.717, 1.165) is 16.5 Å². The number of ether oxygens (including phenoxy) is 1. The normalized spacial score (nSPS) is 19.6. The predicted octanol–water partition coefficient (Wildman–Crippen LogP) is 2.23. The predicted molar refractivity (Wildman–Crippen MR) is 54.5 cm³/mol. The number of halogens is 1. The van der Waals surface area contributed by atoms with E-state index < -0.39 is 12.1 Å². The highest BCUT2D eigenvalue weighted by atomic mass is 79.9. The maximum Gasteiger partial charge on any atom is 0.344 e. The summed E-state index contributed by atoms with van der Waals surface area (Å²) in [6.45, 7) is 0. The van der Waals surface area contributed by atoms with Gasteiger partial charge in [-0.3, -0.25) is 0 Å². The molecule has 1 aliphatic heterocycles. The first-order chi connectivity index (χ1) is 6.66.